The van der Waals surface area contributed by atoms with E-state index in [1.165, 1.54) is 12.1 Å². The van der Waals surface area contributed by atoms with Crippen molar-refractivity contribution in [1.29, 1.82) is 0 Å². The first-order valence-corrected chi connectivity index (χ1v) is 6.98. The Balaban J connectivity index is 2.97. The second kappa shape index (κ2) is 7.85. The molecule has 3 N–H and O–H groups in total. The van der Waals surface area contributed by atoms with E-state index in [0.29, 0.717) is 12.2 Å². The van der Waals surface area contributed by atoms with Gasteiger partial charge in [0.25, 0.3) is 5.91 Å². The molecule has 20 heavy (non-hydrogen) atoms. The Morgan fingerprint density at radius 3 is 2.70 bits per heavy atom. The van der Waals surface area contributed by atoms with Gasteiger partial charge in [0.05, 0.1) is 0 Å². The number of hydrogen-bond acceptors (Lipinski definition) is 3. The van der Waals surface area contributed by atoms with Crippen LogP contribution in [0, 0.1) is 5.82 Å². The van der Waals surface area contributed by atoms with Crippen molar-refractivity contribution < 1.29 is 13.9 Å². The normalized spacial score (nSPS) is 13.8. The molecule has 1 amide bonds. The summed E-state index contributed by atoms with van der Waals surface area (Å²) in [7, 11) is 0. The van der Waals surface area contributed by atoms with Crippen molar-refractivity contribution in [3.8, 4) is 5.75 Å². The summed E-state index contributed by atoms with van der Waals surface area (Å²) in [6, 6.07) is 4.37. The molecule has 0 aliphatic rings. The number of ether oxygens (including phenoxy) is 1. The molecule has 0 aliphatic heterocycles. The molecule has 4 nitrogen and oxygen atoms in total. The van der Waals surface area contributed by atoms with E-state index in [9.17, 15) is 9.18 Å². The van der Waals surface area contributed by atoms with E-state index >= 15 is 0 Å². The van der Waals surface area contributed by atoms with Gasteiger partial charge >= 0.3 is 0 Å². The monoisotopic (exact) mass is 282 g/mol. The lowest BCUT2D eigenvalue weighted by Gasteiger charge is -2.21. The molecule has 0 radical (unpaired) electrons. The highest BCUT2D eigenvalue weighted by Gasteiger charge is 2.19. The van der Waals surface area contributed by atoms with Crippen LogP contribution in [0.5, 0.6) is 5.75 Å². The maximum absolute atomic E-state index is 13.4. The SMILES string of the molecule is CCCNC(C)c1ccc(F)cc1OC(CC)C(N)=O. The number of nitrogens with one attached hydrogen (secondary N) is 1. The number of amides is 1. The fourth-order valence-electron chi connectivity index (χ4n) is 1.93. The summed E-state index contributed by atoms with van der Waals surface area (Å²) in [5, 5.41) is 3.31. The Morgan fingerprint density at radius 1 is 1.45 bits per heavy atom. The third kappa shape index (κ3) is 4.49. The van der Waals surface area contributed by atoms with Crippen molar-refractivity contribution in [1.82, 2.24) is 5.32 Å². The molecule has 0 saturated carbocycles. The molecule has 2 atom stereocenters. The third-order valence-electron chi connectivity index (χ3n) is 3.10. The first-order valence-electron chi connectivity index (χ1n) is 6.98. The van der Waals surface area contributed by atoms with Gasteiger partial charge in [0.1, 0.15) is 11.6 Å². The van der Waals surface area contributed by atoms with Gasteiger partial charge in [0.2, 0.25) is 0 Å². The summed E-state index contributed by atoms with van der Waals surface area (Å²) >= 11 is 0. The van der Waals surface area contributed by atoms with Crippen LogP contribution in [0.15, 0.2) is 18.2 Å². The van der Waals surface area contributed by atoms with Crippen LogP contribution in [0.4, 0.5) is 4.39 Å². The average molecular weight is 282 g/mol. The minimum Gasteiger partial charge on any atom is -0.480 e. The topological polar surface area (TPSA) is 64.3 Å². The maximum Gasteiger partial charge on any atom is 0.258 e. The average Bonchev–Trinajstić information content (AvgIpc) is 2.41. The lowest BCUT2D eigenvalue weighted by atomic mass is 10.1. The van der Waals surface area contributed by atoms with E-state index in [1.807, 2.05) is 6.92 Å². The zero-order valence-electron chi connectivity index (χ0n) is 12.3. The summed E-state index contributed by atoms with van der Waals surface area (Å²) in [4.78, 5) is 11.3. The number of rotatable bonds is 8. The minimum atomic E-state index is -0.742. The predicted molar refractivity (Wildman–Crippen MR) is 77.0 cm³/mol. The highest BCUT2D eigenvalue weighted by atomic mass is 19.1. The van der Waals surface area contributed by atoms with E-state index in [2.05, 4.69) is 12.2 Å². The fraction of sp³-hybridized carbons (Fsp3) is 0.533. The molecule has 0 bridgehead atoms. The number of primary amides is 1. The summed E-state index contributed by atoms with van der Waals surface area (Å²) in [5.74, 6) is -0.575. The van der Waals surface area contributed by atoms with Crippen LogP contribution >= 0.6 is 0 Å². The number of nitrogens with two attached hydrogens (primary N) is 1. The summed E-state index contributed by atoms with van der Waals surface area (Å²) in [6.07, 6.45) is 0.705. The van der Waals surface area contributed by atoms with Crippen molar-refractivity contribution >= 4 is 5.91 Å². The van der Waals surface area contributed by atoms with Crippen LogP contribution in [0.1, 0.15) is 45.2 Å². The first-order chi connectivity index (χ1) is 9.49. The van der Waals surface area contributed by atoms with E-state index in [4.69, 9.17) is 10.5 Å². The van der Waals surface area contributed by atoms with Gasteiger partial charge in [-0.15, -0.1) is 0 Å². The Kier molecular flexibility index (Phi) is 6.45. The van der Waals surface area contributed by atoms with Gasteiger partial charge in [-0.05, 0) is 32.4 Å². The third-order valence-corrected chi connectivity index (χ3v) is 3.10. The van der Waals surface area contributed by atoms with Gasteiger partial charge in [0.15, 0.2) is 6.10 Å². The zero-order valence-corrected chi connectivity index (χ0v) is 12.3. The second-order valence-electron chi connectivity index (χ2n) is 4.78. The molecule has 0 aromatic heterocycles. The molecule has 0 spiro atoms. The standard InChI is InChI=1S/C15H23FN2O2/c1-4-8-18-10(3)12-7-6-11(16)9-14(12)20-13(5-2)15(17)19/h6-7,9-10,13,18H,4-5,8H2,1-3H3,(H2,17,19). The summed E-state index contributed by atoms with van der Waals surface area (Å²) < 4.78 is 19.0. The van der Waals surface area contributed by atoms with Crippen molar-refractivity contribution in [2.24, 2.45) is 5.73 Å². The van der Waals surface area contributed by atoms with Gasteiger partial charge in [-0.2, -0.15) is 0 Å². The van der Waals surface area contributed by atoms with Crippen molar-refractivity contribution in [3.63, 3.8) is 0 Å². The second-order valence-corrected chi connectivity index (χ2v) is 4.78. The molecule has 0 saturated heterocycles. The van der Waals surface area contributed by atoms with Gasteiger partial charge in [-0.3, -0.25) is 4.79 Å². The Morgan fingerprint density at radius 2 is 2.15 bits per heavy atom. The highest BCUT2D eigenvalue weighted by Crippen LogP contribution is 2.27. The van der Waals surface area contributed by atoms with E-state index in [0.717, 1.165) is 18.5 Å². The Bertz CT molecular complexity index is 451. The van der Waals surface area contributed by atoms with E-state index < -0.39 is 17.8 Å². The molecule has 1 aromatic rings. The molecule has 112 valence electrons. The molecule has 0 heterocycles. The van der Waals surface area contributed by atoms with Crippen molar-refractivity contribution in [2.75, 3.05) is 6.54 Å². The molecule has 1 aromatic carbocycles. The van der Waals surface area contributed by atoms with Crippen LogP contribution < -0.4 is 15.8 Å². The van der Waals surface area contributed by atoms with Crippen LogP contribution in [0.25, 0.3) is 0 Å². The molecule has 5 heteroatoms. The smallest absolute Gasteiger partial charge is 0.258 e. The lowest BCUT2D eigenvalue weighted by molar-refractivity contribution is -0.124. The first kappa shape index (κ1) is 16.4. The van der Waals surface area contributed by atoms with Gasteiger partial charge in [-0.1, -0.05) is 19.9 Å². The molecular formula is C15H23FN2O2. The van der Waals surface area contributed by atoms with Gasteiger partial charge in [0, 0.05) is 17.7 Å². The predicted octanol–water partition coefficient (Wildman–Crippen LogP) is 2.53. The zero-order chi connectivity index (χ0) is 15.1. The highest BCUT2D eigenvalue weighted by molar-refractivity contribution is 5.79. The number of carbonyl (C=O) groups is 1. The van der Waals surface area contributed by atoms with Crippen LogP contribution in [-0.2, 0) is 4.79 Å². The number of hydrogen-bond donors (Lipinski definition) is 2. The quantitative estimate of drug-likeness (QED) is 0.770. The molecule has 1 rings (SSSR count). The molecule has 0 aliphatic carbocycles. The van der Waals surface area contributed by atoms with Crippen molar-refractivity contribution in [2.45, 2.75) is 45.8 Å². The number of halogens is 1. The largest absolute Gasteiger partial charge is 0.480 e. The summed E-state index contributed by atoms with van der Waals surface area (Å²) in [5.41, 5.74) is 6.09. The lowest BCUT2D eigenvalue weighted by Crippen LogP contribution is -2.33. The van der Waals surface area contributed by atoms with Gasteiger partial charge in [-0.25, -0.2) is 4.39 Å². The molecular weight excluding hydrogens is 259 g/mol. The number of carbonyl (C=O) groups excluding carboxylic acids is 1. The van der Waals surface area contributed by atoms with Crippen molar-refractivity contribution in [3.05, 3.63) is 29.6 Å². The van der Waals surface area contributed by atoms with E-state index in [-0.39, 0.29) is 6.04 Å². The summed E-state index contributed by atoms with van der Waals surface area (Å²) in [6.45, 7) is 6.70. The maximum atomic E-state index is 13.4. The molecule has 2 unspecified atom stereocenters. The number of benzene rings is 1. The van der Waals surface area contributed by atoms with Crippen LogP contribution in [0.3, 0.4) is 0 Å². The van der Waals surface area contributed by atoms with Gasteiger partial charge < -0.3 is 15.8 Å². The van der Waals surface area contributed by atoms with E-state index in [1.54, 1.807) is 13.0 Å². The molecule has 0 fully saturated rings. The Hall–Kier alpha value is -1.62. The fourth-order valence-corrected chi connectivity index (χ4v) is 1.93. The van der Waals surface area contributed by atoms with Crippen LogP contribution in [-0.4, -0.2) is 18.6 Å². The Labute approximate surface area is 119 Å². The van der Waals surface area contributed by atoms with Crippen LogP contribution in [0.2, 0.25) is 0 Å². The minimum absolute atomic E-state index is 0.0101.